The highest BCUT2D eigenvalue weighted by molar-refractivity contribution is 6.33. The van der Waals surface area contributed by atoms with Gasteiger partial charge in [-0.25, -0.2) is 5.46 Å². The van der Waals surface area contributed by atoms with Crippen molar-refractivity contribution in [2.24, 2.45) is 0 Å². The van der Waals surface area contributed by atoms with E-state index in [4.69, 9.17) is 4.74 Å². The third-order valence-electron chi connectivity index (χ3n) is 1.15. The molecule has 0 aliphatic heterocycles. The van der Waals surface area contributed by atoms with E-state index in [1.165, 1.54) is 5.56 Å². The number of methoxy groups -OCH3 is 1. The zero-order valence-corrected chi connectivity index (χ0v) is 5.64. The average Bonchev–Trinajstić information content (AvgIpc) is 1.95. The van der Waals surface area contributed by atoms with Gasteiger partial charge < -0.3 is 4.74 Å². The zero-order chi connectivity index (χ0) is 7.56. The number of hydrogen-bond acceptors (Lipinski definition) is 1. The van der Waals surface area contributed by atoms with Crippen LogP contribution in [0.4, 0.5) is 0 Å². The van der Waals surface area contributed by atoms with Crippen molar-refractivity contribution in [1.29, 1.82) is 0 Å². The molecular formula is C8H12BO-. The second kappa shape index (κ2) is 2.78. The van der Waals surface area contributed by atoms with Crippen LogP contribution in [-0.2, 0) is 0 Å². The fraction of sp³-hybridized carbons (Fsp3) is 0.250. The molecule has 0 amide bonds. The molecule has 0 atom stereocenters. The van der Waals surface area contributed by atoms with Crippen LogP contribution in [0, 0.1) is 6.92 Å². The molecule has 0 spiro atoms. The third-order valence-corrected chi connectivity index (χ3v) is 1.15. The molecule has 0 saturated heterocycles. The van der Waals surface area contributed by atoms with Crippen LogP contribution < -0.4 is 10.2 Å². The Morgan fingerprint density at radius 1 is 1.40 bits per heavy atom. The molecule has 1 aromatic rings. The van der Waals surface area contributed by atoms with Gasteiger partial charge in [0.15, 0.2) is 0 Å². The summed E-state index contributed by atoms with van der Waals surface area (Å²) in [6.07, 6.45) is 0. The quantitative estimate of drug-likeness (QED) is 0.492. The van der Waals surface area contributed by atoms with Crippen LogP contribution >= 0.6 is 0 Å². The highest BCUT2D eigenvalue weighted by atomic mass is 16.5. The maximum atomic E-state index is 5.08. The van der Waals surface area contributed by atoms with Crippen LogP contribution in [0.15, 0.2) is 18.2 Å². The molecule has 0 aromatic heterocycles. The van der Waals surface area contributed by atoms with Crippen molar-refractivity contribution >= 4 is 13.3 Å². The summed E-state index contributed by atoms with van der Waals surface area (Å²) in [5.41, 5.74) is 2.94. The first kappa shape index (κ1) is 7.20. The van der Waals surface area contributed by atoms with E-state index in [9.17, 15) is 0 Å². The Hall–Kier alpha value is -0.915. The SMILES string of the molecule is [BH3-]c1ccc(OC)cc1C. The fourth-order valence-electron chi connectivity index (χ4n) is 0.685. The van der Waals surface area contributed by atoms with Gasteiger partial charge in [0.1, 0.15) is 5.75 Å². The van der Waals surface area contributed by atoms with E-state index in [0.717, 1.165) is 5.75 Å². The fourth-order valence-corrected chi connectivity index (χ4v) is 0.685. The molecule has 1 nitrogen and oxygen atoms in total. The highest BCUT2D eigenvalue weighted by Gasteiger charge is 1.89. The molecule has 0 saturated carbocycles. The molecule has 0 fully saturated rings. The number of ether oxygens (including phenoxy) is 1. The van der Waals surface area contributed by atoms with Gasteiger partial charge in [-0.05, 0) is 26.9 Å². The Balaban J connectivity index is 3.04. The number of rotatable bonds is 1. The van der Waals surface area contributed by atoms with Crippen molar-refractivity contribution in [3.8, 4) is 5.75 Å². The lowest BCUT2D eigenvalue weighted by atomic mass is 9.91. The Labute approximate surface area is 62.4 Å². The monoisotopic (exact) mass is 135 g/mol. The minimum absolute atomic E-state index is 0.344. The molecule has 0 bridgehead atoms. The van der Waals surface area contributed by atoms with Crippen molar-refractivity contribution in [1.82, 2.24) is 0 Å². The number of aryl methyl sites for hydroxylation is 1. The third kappa shape index (κ3) is 1.32. The van der Waals surface area contributed by atoms with Crippen LogP contribution in [0.2, 0.25) is 0 Å². The molecule has 0 unspecified atom stereocenters. The van der Waals surface area contributed by atoms with Gasteiger partial charge >= 0.3 is 0 Å². The summed E-state index contributed by atoms with van der Waals surface area (Å²) in [6.45, 7) is 2.14. The van der Waals surface area contributed by atoms with E-state index in [-0.39, 0.29) is 0 Å². The molecule has 10 heavy (non-hydrogen) atoms. The van der Waals surface area contributed by atoms with E-state index < -0.39 is 0 Å². The Morgan fingerprint density at radius 3 is 2.60 bits per heavy atom. The summed E-state index contributed by atoms with van der Waals surface area (Å²) in [4.78, 5) is 0. The van der Waals surface area contributed by atoms with Gasteiger partial charge in [0.25, 0.3) is 0 Å². The molecule has 54 valence electrons. The van der Waals surface area contributed by atoms with Gasteiger partial charge in [-0.2, -0.15) is 0 Å². The normalized spacial score (nSPS) is 9.50. The van der Waals surface area contributed by atoms with Crippen molar-refractivity contribution < 1.29 is 4.74 Å². The molecule has 0 heterocycles. The standard InChI is InChI=1S/C8H12BO/c1-6-5-7(10-2)3-4-8(6)9/h3-5H,1-2,9H3/q-1. The van der Waals surface area contributed by atoms with E-state index in [0.29, 0.717) is 7.85 Å². The summed E-state index contributed by atoms with van der Waals surface area (Å²) < 4.78 is 5.08. The summed E-state index contributed by atoms with van der Waals surface area (Å²) in [5, 5.41) is 0. The maximum absolute atomic E-state index is 5.08. The predicted molar refractivity (Wildman–Crippen MR) is 47.3 cm³/mol. The summed E-state index contributed by atoms with van der Waals surface area (Å²) >= 11 is 0. The predicted octanol–water partition coefficient (Wildman–Crippen LogP) is -0.00568. The van der Waals surface area contributed by atoms with Gasteiger partial charge in [0.05, 0.1) is 7.11 Å². The van der Waals surface area contributed by atoms with Crippen molar-refractivity contribution in [2.45, 2.75) is 6.92 Å². The average molecular weight is 135 g/mol. The van der Waals surface area contributed by atoms with E-state index in [2.05, 4.69) is 19.1 Å². The van der Waals surface area contributed by atoms with Crippen molar-refractivity contribution in [2.75, 3.05) is 7.11 Å². The van der Waals surface area contributed by atoms with Crippen LogP contribution in [0.5, 0.6) is 5.75 Å². The first-order valence-corrected chi connectivity index (χ1v) is 2.85. The van der Waals surface area contributed by atoms with Gasteiger partial charge in [0.2, 0.25) is 0 Å². The molecule has 0 aliphatic rings. The molecule has 2 heteroatoms. The van der Waals surface area contributed by atoms with E-state index in [1.54, 1.807) is 12.6 Å². The summed E-state index contributed by atoms with van der Waals surface area (Å²) in [5.74, 6) is 0.973. The smallest absolute Gasteiger partial charge is 0.118 e. The van der Waals surface area contributed by atoms with Gasteiger partial charge in [-0.15, -0.1) is 0 Å². The van der Waals surface area contributed by atoms with Crippen LogP contribution in [0.1, 0.15) is 5.56 Å². The zero-order valence-electron chi connectivity index (χ0n) is 5.64. The second-order valence-electron chi connectivity index (χ2n) is 1.91. The molecule has 0 aliphatic carbocycles. The lowest BCUT2D eigenvalue weighted by molar-refractivity contribution is 0.414. The summed E-state index contributed by atoms with van der Waals surface area (Å²) in [6, 6.07) is 6.31. The lowest BCUT2D eigenvalue weighted by Crippen LogP contribution is -2.05. The molecule has 1 rings (SSSR count). The number of benzene rings is 1. The first-order valence-electron chi connectivity index (χ1n) is 2.85. The van der Waals surface area contributed by atoms with Crippen molar-refractivity contribution in [3.05, 3.63) is 23.8 Å². The van der Waals surface area contributed by atoms with Crippen LogP contribution in [-0.4, -0.2) is 15.0 Å². The largest absolute Gasteiger partial charge is 0.497 e. The first-order chi connectivity index (χ1) is 4.74. The van der Waals surface area contributed by atoms with E-state index in [1.807, 2.05) is 6.07 Å². The van der Waals surface area contributed by atoms with E-state index >= 15 is 0 Å². The Morgan fingerprint density at radius 2 is 2.10 bits per heavy atom. The van der Waals surface area contributed by atoms with Crippen LogP contribution in [0.25, 0.3) is 0 Å². The second-order valence-corrected chi connectivity index (χ2v) is 1.91. The topological polar surface area (TPSA) is 9.23 Å². The lowest BCUT2D eigenvalue weighted by Gasteiger charge is -2.05. The molecular weight excluding hydrogens is 123 g/mol. The Bertz CT molecular complexity index is 233. The number of hydrogen-bond donors (Lipinski definition) is 0. The minimum Gasteiger partial charge on any atom is -0.497 e. The maximum Gasteiger partial charge on any atom is 0.118 e. The van der Waals surface area contributed by atoms with Gasteiger partial charge in [-0.3, -0.25) is 0 Å². The Kier molecular flexibility index (Phi) is 2.00. The van der Waals surface area contributed by atoms with Crippen LogP contribution in [0.3, 0.4) is 0 Å². The summed E-state index contributed by atoms with van der Waals surface area (Å²) in [7, 11) is 2.05. The molecule has 1 aromatic carbocycles. The molecule has 0 radical (unpaired) electrons. The highest BCUT2D eigenvalue weighted by Crippen LogP contribution is 2.08. The van der Waals surface area contributed by atoms with Gasteiger partial charge in [0, 0.05) is 0 Å². The minimum atomic E-state index is 0.344. The molecule has 0 N–H and O–H groups in total. The van der Waals surface area contributed by atoms with Crippen molar-refractivity contribution in [3.63, 3.8) is 0 Å². The van der Waals surface area contributed by atoms with Gasteiger partial charge in [-0.1, -0.05) is 11.6 Å².